The van der Waals surface area contributed by atoms with Crippen LogP contribution in [0.2, 0.25) is 0 Å². The molecule has 1 aromatic heterocycles. The molecule has 1 N–H and O–H groups in total. The molecule has 1 atom stereocenters. The van der Waals surface area contributed by atoms with Gasteiger partial charge in [0.25, 0.3) is 0 Å². The molecule has 0 saturated heterocycles. The fourth-order valence-corrected chi connectivity index (χ4v) is 2.34. The smallest absolute Gasteiger partial charge is 0.249 e. The van der Waals surface area contributed by atoms with E-state index in [2.05, 4.69) is 24.3 Å². The predicted octanol–water partition coefficient (Wildman–Crippen LogP) is 3.91. The fraction of sp³-hybridized carbons (Fsp3) is 0.368. The van der Waals surface area contributed by atoms with Crippen LogP contribution in [0.1, 0.15) is 38.8 Å². The highest BCUT2D eigenvalue weighted by Gasteiger charge is 2.10. The summed E-state index contributed by atoms with van der Waals surface area (Å²) in [7, 11) is 1.60. The quantitative estimate of drug-likeness (QED) is 0.738. The van der Waals surface area contributed by atoms with E-state index in [1.165, 1.54) is 6.08 Å². The first kappa shape index (κ1) is 18.6. The number of hydrogen-bond acceptors (Lipinski definition) is 4. The van der Waals surface area contributed by atoms with Crippen LogP contribution in [0.25, 0.3) is 6.08 Å². The lowest BCUT2D eigenvalue weighted by Crippen LogP contribution is -2.15. The standard InChI is InChI=1S/C19H25N3O3/c1-5-14(3)22-18(11-12-20-22)21-19(23)10-8-15-7-9-16(24-4)17(13-15)25-6-2/h7-14H,5-6H2,1-4H3,(H,21,23). The van der Waals surface area contributed by atoms with E-state index in [0.717, 1.165) is 12.0 Å². The van der Waals surface area contributed by atoms with Gasteiger partial charge in [-0.2, -0.15) is 5.10 Å². The SMILES string of the molecule is CCOc1cc(C=CC(=O)Nc2ccnn2C(C)CC)ccc1OC. The van der Waals surface area contributed by atoms with E-state index in [1.807, 2.05) is 29.8 Å². The Balaban J connectivity index is 2.08. The van der Waals surface area contributed by atoms with Crippen LogP contribution >= 0.6 is 0 Å². The number of carbonyl (C=O) groups excluding carboxylic acids is 1. The van der Waals surface area contributed by atoms with Crippen molar-refractivity contribution in [2.24, 2.45) is 0 Å². The number of amides is 1. The third kappa shape index (κ3) is 4.86. The van der Waals surface area contributed by atoms with Crippen LogP contribution in [0.4, 0.5) is 5.82 Å². The van der Waals surface area contributed by atoms with Gasteiger partial charge in [-0.1, -0.05) is 13.0 Å². The molecular formula is C19H25N3O3. The van der Waals surface area contributed by atoms with Gasteiger partial charge in [0.15, 0.2) is 11.5 Å². The van der Waals surface area contributed by atoms with Crippen LogP contribution in [0.15, 0.2) is 36.5 Å². The summed E-state index contributed by atoms with van der Waals surface area (Å²) in [6.07, 6.45) is 5.85. The molecule has 0 bridgehead atoms. The van der Waals surface area contributed by atoms with Crippen molar-refractivity contribution in [3.05, 3.63) is 42.1 Å². The first-order valence-electron chi connectivity index (χ1n) is 8.42. The molecule has 0 radical (unpaired) electrons. The number of hydrogen-bond donors (Lipinski definition) is 1. The predicted molar refractivity (Wildman–Crippen MR) is 99.1 cm³/mol. The van der Waals surface area contributed by atoms with Gasteiger partial charge >= 0.3 is 0 Å². The van der Waals surface area contributed by atoms with E-state index in [-0.39, 0.29) is 11.9 Å². The second-order valence-electron chi connectivity index (χ2n) is 5.58. The molecule has 1 heterocycles. The molecule has 134 valence electrons. The minimum absolute atomic E-state index is 0.209. The minimum atomic E-state index is -0.209. The lowest BCUT2D eigenvalue weighted by Gasteiger charge is -2.13. The molecule has 1 aromatic carbocycles. The van der Waals surface area contributed by atoms with Gasteiger partial charge in [0, 0.05) is 12.1 Å². The summed E-state index contributed by atoms with van der Waals surface area (Å²) >= 11 is 0. The summed E-state index contributed by atoms with van der Waals surface area (Å²) in [5, 5.41) is 7.11. The van der Waals surface area contributed by atoms with Gasteiger partial charge in [0.05, 0.1) is 26.0 Å². The van der Waals surface area contributed by atoms with Gasteiger partial charge in [0.2, 0.25) is 5.91 Å². The van der Waals surface area contributed by atoms with Crippen LogP contribution in [-0.2, 0) is 4.79 Å². The Labute approximate surface area is 148 Å². The highest BCUT2D eigenvalue weighted by Crippen LogP contribution is 2.28. The molecule has 2 aromatic rings. The Bertz CT molecular complexity index is 737. The van der Waals surface area contributed by atoms with Crippen molar-refractivity contribution < 1.29 is 14.3 Å². The van der Waals surface area contributed by atoms with Gasteiger partial charge in [-0.05, 0) is 44.0 Å². The number of ether oxygens (including phenoxy) is 2. The Morgan fingerprint density at radius 3 is 2.80 bits per heavy atom. The average Bonchev–Trinajstić information content (AvgIpc) is 3.07. The van der Waals surface area contributed by atoms with Gasteiger partial charge in [-0.15, -0.1) is 0 Å². The first-order valence-corrected chi connectivity index (χ1v) is 8.42. The van der Waals surface area contributed by atoms with E-state index in [0.29, 0.717) is 23.9 Å². The summed E-state index contributed by atoms with van der Waals surface area (Å²) in [5.74, 6) is 1.80. The molecule has 25 heavy (non-hydrogen) atoms. The summed E-state index contributed by atoms with van der Waals surface area (Å²) in [6, 6.07) is 7.55. The van der Waals surface area contributed by atoms with Crippen molar-refractivity contribution in [2.75, 3.05) is 19.0 Å². The molecular weight excluding hydrogens is 318 g/mol. The zero-order valence-electron chi connectivity index (χ0n) is 15.2. The van der Waals surface area contributed by atoms with E-state index in [9.17, 15) is 4.79 Å². The molecule has 0 spiro atoms. The summed E-state index contributed by atoms with van der Waals surface area (Å²) in [5.41, 5.74) is 0.856. The molecule has 0 fully saturated rings. The normalized spacial score (nSPS) is 12.2. The molecule has 0 aliphatic heterocycles. The van der Waals surface area contributed by atoms with Crippen molar-refractivity contribution >= 4 is 17.8 Å². The van der Waals surface area contributed by atoms with Gasteiger partial charge in [-0.25, -0.2) is 4.68 Å². The molecule has 6 nitrogen and oxygen atoms in total. The topological polar surface area (TPSA) is 65.4 Å². The number of nitrogens with zero attached hydrogens (tertiary/aromatic N) is 2. The second-order valence-corrected chi connectivity index (χ2v) is 5.58. The van der Waals surface area contributed by atoms with Gasteiger partial charge in [0.1, 0.15) is 5.82 Å². The number of nitrogens with one attached hydrogen (secondary N) is 1. The van der Waals surface area contributed by atoms with Crippen molar-refractivity contribution in [1.29, 1.82) is 0 Å². The second kappa shape index (κ2) is 8.92. The average molecular weight is 343 g/mol. The van der Waals surface area contributed by atoms with Gasteiger partial charge in [-0.3, -0.25) is 4.79 Å². The minimum Gasteiger partial charge on any atom is -0.493 e. The highest BCUT2D eigenvalue weighted by atomic mass is 16.5. The molecule has 0 aliphatic rings. The van der Waals surface area contributed by atoms with Crippen molar-refractivity contribution in [3.63, 3.8) is 0 Å². The number of benzene rings is 1. The Morgan fingerprint density at radius 2 is 2.12 bits per heavy atom. The molecule has 2 rings (SSSR count). The Hall–Kier alpha value is -2.76. The largest absolute Gasteiger partial charge is 0.493 e. The Morgan fingerprint density at radius 1 is 1.32 bits per heavy atom. The van der Waals surface area contributed by atoms with E-state index < -0.39 is 0 Å². The van der Waals surface area contributed by atoms with E-state index in [1.54, 1.807) is 25.4 Å². The zero-order chi connectivity index (χ0) is 18.2. The number of methoxy groups -OCH3 is 1. The summed E-state index contributed by atoms with van der Waals surface area (Å²) in [4.78, 5) is 12.2. The molecule has 0 aliphatic carbocycles. The molecule has 1 unspecified atom stereocenters. The number of rotatable bonds is 8. The van der Waals surface area contributed by atoms with Gasteiger partial charge < -0.3 is 14.8 Å². The van der Waals surface area contributed by atoms with E-state index >= 15 is 0 Å². The van der Waals surface area contributed by atoms with Crippen LogP contribution in [0.5, 0.6) is 11.5 Å². The maximum Gasteiger partial charge on any atom is 0.249 e. The number of aromatic nitrogens is 2. The zero-order valence-corrected chi connectivity index (χ0v) is 15.2. The molecule has 1 amide bonds. The fourth-order valence-electron chi connectivity index (χ4n) is 2.34. The Kier molecular flexibility index (Phi) is 6.62. The van der Waals surface area contributed by atoms with Crippen LogP contribution in [0, 0.1) is 0 Å². The summed E-state index contributed by atoms with van der Waals surface area (Å²) < 4.78 is 12.6. The van der Waals surface area contributed by atoms with Crippen LogP contribution in [0.3, 0.4) is 0 Å². The van der Waals surface area contributed by atoms with Crippen molar-refractivity contribution in [1.82, 2.24) is 9.78 Å². The summed E-state index contributed by atoms with van der Waals surface area (Å²) in [6.45, 7) is 6.60. The monoisotopic (exact) mass is 343 g/mol. The third-order valence-electron chi connectivity index (χ3n) is 3.84. The lowest BCUT2D eigenvalue weighted by atomic mass is 10.2. The van der Waals surface area contributed by atoms with Crippen molar-refractivity contribution in [2.45, 2.75) is 33.2 Å². The maximum absolute atomic E-state index is 12.2. The third-order valence-corrected chi connectivity index (χ3v) is 3.84. The highest BCUT2D eigenvalue weighted by molar-refractivity contribution is 6.01. The number of carbonyl (C=O) groups is 1. The maximum atomic E-state index is 12.2. The molecule has 6 heteroatoms. The number of anilines is 1. The first-order chi connectivity index (χ1) is 12.1. The lowest BCUT2D eigenvalue weighted by molar-refractivity contribution is -0.111. The van der Waals surface area contributed by atoms with E-state index in [4.69, 9.17) is 9.47 Å². The van der Waals surface area contributed by atoms with Crippen LogP contribution < -0.4 is 14.8 Å². The van der Waals surface area contributed by atoms with Crippen LogP contribution in [-0.4, -0.2) is 29.4 Å². The van der Waals surface area contributed by atoms with Crippen molar-refractivity contribution in [3.8, 4) is 11.5 Å². The molecule has 0 saturated carbocycles.